The molecule has 1 aromatic carbocycles. The molecule has 4 heteroatoms. The molecule has 0 bridgehead atoms. The number of benzene rings is 1. The highest BCUT2D eigenvalue weighted by Gasteiger charge is 2.19. The van der Waals surface area contributed by atoms with Gasteiger partial charge in [-0.2, -0.15) is 0 Å². The summed E-state index contributed by atoms with van der Waals surface area (Å²) in [6.45, 7) is 0.780. The van der Waals surface area contributed by atoms with Gasteiger partial charge in [0.15, 0.2) is 0 Å². The summed E-state index contributed by atoms with van der Waals surface area (Å²) in [6, 6.07) is 6.03. The van der Waals surface area contributed by atoms with Crippen molar-refractivity contribution in [2.75, 3.05) is 13.7 Å². The second-order valence-corrected chi connectivity index (χ2v) is 4.90. The zero-order chi connectivity index (χ0) is 11.5. The Morgan fingerprint density at radius 2 is 2.31 bits per heavy atom. The van der Waals surface area contributed by atoms with E-state index in [4.69, 9.17) is 16.3 Å². The van der Waals surface area contributed by atoms with Crippen LogP contribution in [0.1, 0.15) is 18.0 Å². The van der Waals surface area contributed by atoms with Crippen molar-refractivity contribution in [3.63, 3.8) is 0 Å². The van der Waals surface area contributed by atoms with Crippen molar-refractivity contribution in [3.05, 3.63) is 45.1 Å². The lowest BCUT2D eigenvalue weighted by Crippen LogP contribution is -2.19. The van der Waals surface area contributed by atoms with Crippen LogP contribution in [-0.4, -0.2) is 13.7 Å². The highest BCUT2D eigenvalue weighted by Crippen LogP contribution is 2.30. The minimum absolute atomic E-state index is 0.107. The number of nitrogens with one attached hydrogen (secondary N) is 1. The zero-order valence-corrected chi connectivity index (χ0v) is 11.3. The monoisotopic (exact) mass is 301 g/mol. The van der Waals surface area contributed by atoms with E-state index in [9.17, 15) is 0 Å². The predicted molar refractivity (Wildman–Crippen MR) is 69.6 cm³/mol. The van der Waals surface area contributed by atoms with Gasteiger partial charge >= 0.3 is 0 Å². The lowest BCUT2D eigenvalue weighted by Gasteiger charge is -2.18. The van der Waals surface area contributed by atoms with E-state index in [2.05, 4.69) is 27.3 Å². The van der Waals surface area contributed by atoms with Crippen molar-refractivity contribution in [1.29, 1.82) is 0 Å². The summed E-state index contributed by atoms with van der Waals surface area (Å²) in [7, 11) is 1.93. The van der Waals surface area contributed by atoms with Gasteiger partial charge in [-0.05, 0) is 46.7 Å². The fraction of sp³-hybridized carbons (Fsp3) is 0.333. The zero-order valence-electron chi connectivity index (χ0n) is 8.97. The number of likely N-dealkylation sites (N-methyl/N-ethyl adjacent to an activating group) is 1. The third-order valence-electron chi connectivity index (χ3n) is 2.58. The van der Waals surface area contributed by atoms with Crippen LogP contribution in [0.4, 0.5) is 0 Å². The first-order chi connectivity index (χ1) is 7.72. The highest BCUT2D eigenvalue weighted by molar-refractivity contribution is 9.10. The van der Waals surface area contributed by atoms with Gasteiger partial charge in [-0.3, -0.25) is 0 Å². The van der Waals surface area contributed by atoms with Crippen molar-refractivity contribution < 1.29 is 4.74 Å². The van der Waals surface area contributed by atoms with Crippen LogP contribution < -0.4 is 5.32 Å². The quantitative estimate of drug-likeness (QED) is 0.920. The molecular formula is C12H13BrClNO. The van der Waals surface area contributed by atoms with Gasteiger partial charge in [0.25, 0.3) is 0 Å². The Bertz CT molecular complexity index is 419. The number of ether oxygens (including phenoxy) is 1. The first-order valence-electron chi connectivity index (χ1n) is 5.17. The van der Waals surface area contributed by atoms with Gasteiger partial charge in [-0.15, -0.1) is 0 Å². The Morgan fingerprint density at radius 3 is 2.88 bits per heavy atom. The summed E-state index contributed by atoms with van der Waals surface area (Å²) in [5, 5.41) is 3.97. The normalized spacial score (nSPS) is 16.8. The van der Waals surface area contributed by atoms with E-state index in [-0.39, 0.29) is 6.04 Å². The van der Waals surface area contributed by atoms with Crippen LogP contribution in [0, 0.1) is 0 Å². The molecule has 16 heavy (non-hydrogen) atoms. The number of rotatable bonds is 3. The standard InChI is InChI=1S/C12H13BrClNO/c1-15-12(11-3-2-6-16-11)8-4-5-10(14)9(13)7-8/h3-5,7,12,15H,2,6H2,1H3. The van der Waals surface area contributed by atoms with E-state index in [1.807, 2.05) is 25.2 Å². The fourth-order valence-corrected chi connectivity index (χ4v) is 2.32. The van der Waals surface area contributed by atoms with Crippen molar-refractivity contribution >= 4 is 27.5 Å². The lowest BCUT2D eigenvalue weighted by molar-refractivity contribution is 0.218. The SMILES string of the molecule is CNC(C1=CCCO1)c1ccc(Cl)c(Br)c1. The topological polar surface area (TPSA) is 21.3 Å². The molecule has 0 aliphatic carbocycles. The van der Waals surface area contributed by atoms with Gasteiger partial charge in [0.1, 0.15) is 5.76 Å². The molecule has 86 valence electrons. The van der Waals surface area contributed by atoms with Crippen molar-refractivity contribution in [3.8, 4) is 0 Å². The number of hydrogen-bond acceptors (Lipinski definition) is 2. The maximum absolute atomic E-state index is 5.98. The number of hydrogen-bond donors (Lipinski definition) is 1. The van der Waals surface area contributed by atoms with Gasteiger partial charge in [0, 0.05) is 10.9 Å². The third kappa shape index (κ3) is 2.42. The lowest BCUT2D eigenvalue weighted by atomic mass is 10.1. The maximum atomic E-state index is 5.98. The molecule has 2 nitrogen and oxygen atoms in total. The summed E-state index contributed by atoms with van der Waals surface area (Å²) in [6.07, 6.45) is 3.12. The Hall–Kier alpha value is -0.510. The summed E-state index contributed by atoms with van der Waals surface area (Å²) in [5.74, 6) is 0.997. The molecule has 1 atom stereocenters. The summed E-state index contributed by atoms with van der Waals surface area (Å²) < 4.78 is 6.49. The van der Waals surface area contributed by atoms with Crippen LogP contribution in [0.3, 0.4) is 0 Å². The van der Waals surface area contributed by atoms with Crippen molar-refractivity contribution in [1.82, 2.24) is 5.32 Å². The van der Waals surface area contributed by atoms with E-state index in [0.717, 1.165) is 33.8 Å². The first-order valence-corrected chi connectivity index (χ1v) is 6.34. The van der Waals surface area contributed by atoms with Gasteiger partial charge in [0.05, 0.1) is 17.7 Å². The van der Waals surface area contributed by atoms with E-state index in [1.165, 1.54) is 0 Å². The van der Waals surface area contributed by atoms with Crippen LogP contribution in [0.15, 0.2) is 34.5 Å². The third-order valence-corrected chi connectivity index (χ3v) is 3.80. The molecule has 1 aromatic rings. The minimum Gasteiger partial charge on any atom is -0.496 e. The molecule has 1 N–H and O–H groups in total. The van der Waals surface area contributed by atoms with E-state index >= 15 is 0 Å². The molecule has 2 rings (SSSR count). The molecule has 1 heterocycles. The second-order valence-electron chi connectivity index (χ2n) is 3.64. The van der Waals surface area contributed by atoms with Crippen LogP contribution in [0.2, 0.25) is 5.02 Å². The molecule has 0 saturated carbocycles. The Labute approximate surface area is 109 Å². The molecule has 0 saturated heterocycles. The Kier molecular flexibility index (Phi) is 3.90. The average molecular weight is 303 g/mol. The molecule has 0 fully saturated rings. The largest absolute Gasteiger partial charge is 0.496 e. The van der Waals surface area contributed by atoms with Crippen LogP contribution in [0.25, 0.3) is 0 Å². The molecule has 0 amide bonds. The molecule has 1 aliphatic heterocycles. The maximum Gasteiger partial charge on any atom is 0.114 e. The predicted octanol–water partition coefficient (Wildman–Crippen LogP) is 3.67. The molecule has 0 aromatic heterocycles. The number of halogens is 2. The van der Waals surface area contributed by atoms with E-state index in [1.54, 1.807) is 0 Å². The summed E-state index contributed by atoms with van der Waals surface area (Å²) >= 11 is 9.41. The molecular weight excluding hydrogens is 289 g/mol. The molecule has 1 aliphatic rings. The van der Waals surface area contributed by atoms with Gasteiger partial charge < -0.3 is 10.1 Å². The van der Waals surface area contributed by atoms with Crippen molar-refractivity contribution in [2.24, 2.45) is 0 Å². The molecule has 1 unspecified atom stereocenters. The minimum atomic E-state index is 0.107. The average Bonchev–Trinajstić information content (AvgIpc) is 2.78. The first kappa shape index (κ1) is 12.0. The van der Waals surface area contributed by atoms with Crippen molar-refractivity contribution in [2.45, 2.75) is 12.5 Å². The summed E-state index contributed by atoms with van der Waals surface area (Å²) in [5.41, 5.74) is 1.15. The second kappa shape index (κ2) is 5.21. The molecule has 0 radical (unpaired) electrons. The van der Waals surface area contributed by atoms with Gasteiger partial charge in [-0.25, -0.2) is 0 Å². The van der Waals surface area contributed by atoms with Crippen LogP contribution in [0.5, 0.6) is 0 Å². The Balaban J connectivity index is 2.29. The van der Waals surface area contributed by atoms with Gasteiger partial charge in [-0.1, -0.05) is 17.7 Å². The highest BCUT2D eigenvalue weighted by atomic mass is 79.9. The van der Waals surface area contributed by atoms with E-state index < -0.39 is 0 Å². The van der Waals surface area contributed by atoms with Crippen LogP contribution >= 0.6 is 27.5 Å². The fourth-order valence-electron chi connectivity index (χ4n) is 1.80. The molecule has 0 spiro atoms. The summed E-state index contributed by atoms with van der Waals surface area (Å²) in [4.78, 5) is 0. The Morgan fingerprint density at radius 1 is 1.50 bits per heavy atom. The van der Waals surface area contributed by atoms with Gasteiger partial charge in [0.2, 0.25) is 0 Å². The smallest absolute Gasteiger partial charge is 0.114 e. The van der Waals surface area contributed by atoms with E-state index in [0.29, 0.717) is 0 Å². The van der Waals surface area contributed by atoms with Crippen LogP contribution in [-0.2, 0) is 4.74 Å².